The van der Waals surface area contributed by atoms with E-state index in [1.54, 1.807) is 25.1 Å². The number of nitrogens with two attached hydrogens (primary N) is 1. The molecular formula is C22H20N2O2. The number of hydrogen-bond acceptors (Lipinski definition) is 2. The summed E-state index contributed by atoms with van der Waals surface area (Å²) >= 11 is 0. The summed E-state index contributed by atoms with van der Waals surface area (Å²) in [6, 6.07) is 19.7. The van der Waals surface area contributed by atoms with Gasteiger partial charge in [0.15, 0.2) is 0 Å². The maximum absolute atomic E-state index is 12.7. The van der Waals surface area contributed by atoms with E-state index >= 15 is 0 Å². The molecule has 3 aromatic carbocycles. The van der Waals surface area contributed by atoms with Gasteiger partial charge in [0.1, 0.15) is 0 Å². The van der Waals surface area contributed by atoms with Gasteiger partial charge in [-0.3, -0.25) is 9.59 Å². The largest absolute Gasteiger partial charge is 0.366 e. The van der Waals surface area contributed by atoms with Gasteiger partial charge in [-0.15, -0.1) is 0 Å². The fraction of sp³-hybridized carbons (Fsp3) is 0.182. The monoisotopic (exact) mass is 344 g/mol. The van der Waals surface area contributed by atoms with Gasteiger partial charge in [-0.1, -0.05) is 48.5 Å². The van der Waals surface area contributed by atoms with Crippen molar-refractivity contribution in [2.75, 3.05) is 5.32 Å². The lowest BCUT2D eigenvalue weighted by Gasteiger charge is -2.11. The summed E-state index contributed by atoms with van der Waals surface area (Å²) in [6.45, 7) is 1.80. The van der Waals surface area contributed by atoms with Crippen molar-refractivity contribution in [1.29, 1.82) is 0 Å². The topological polar surface area (TPSA) is 72.2 Å². The lowest BCUT2D eigenvalue weighted by atomic mass is 10.00. The summed E-state index contributed by atoms with van der Waals surface area (Å²) in [6.07, 6.45) is 0.842. The van der Waals surface area contributed by atoms with Crippen molar-refractivity contribution in [3.63, 3.8) is 0 Å². The number of anilines is 1. The Labute approximate surface area is 152 Å². The number of fused-ring (bicyclic) bond motifs is 1. The molecule has 1 saturated carbocycles. The Balaban J connectivity index is 1.55. The quantitative estimate of drug-likeness (QED) is 0.751. The van der Waals surface area contributed by atoms with Crippen molar-refractivity contribution < 1.29 is 9.59 Å². The molecule has 0 saturated heterocycles. The van der Waals surface area contributed by atoms with E-state index in [2.05, 4.69) is 29.6 Å². The highest BCUT2D eigenvalue weighted by molar-refractivity contribution is 6.00. The molecule has 3 N–H and O–H groups in total. The first-order valence-corrected chi connectivity index (χ1v) is 8.74. The van der Waals surface area contributed by atoms with Crippen molar-refractivity contribution in [3.8, 4) is 0 Å². The van der Waals surface area contributed by atoms with Crippen LogP contribution in [0.4, 0.5) is 5.69 Å². The Kier molecular flexibility index (Phi) is 3.96. The highest BCUT2D eigenvalue weighted by atomic mass is 16.2. The molecule has 26 heavy (non-hydrogen) atoms. The van der Waals surface area contributed by atoms with E-state index in [1.165, 1.54) is 16.3 Å². The standard InChI is InChI=1S/C22H20N2O2/c1-13-15(21(23)25)9-5-11-20(13)24-22(26)19-12-18(19)17-10-4-7-14-6-2-3-8-16(14)17/h2-11,18-19H,12H2,1H3,(H2,23,25)(H,24,26)/t18-,19-/m0/s1. The molecule has 130 valence electrons. The number of primary amides is 1. The van der Waals surface area contributed by atoms with Crippen molar-refractivity contribution in [2.45, 2.75) is 19.3 Å². The van der Waals surface area contributed by atoms with Gasteiger partial charge in [-0.05, 0) is 53.3 Å². The lowest BCUT2D eigenvalue weighted by molar-refractivity contribution is -0.117. The Morgan fingerprint density at radius 3 is 2.54 bits per heavy atom. The van der Waals surface area contributed by atoms with E-state index in [0.29, 0.717) is 16.8 Å². The molecule has 3 aromatic rings. The van der Waals surface area contributed by atoms with Crippen LogP contribution >= 0.6 is 0 Å². The van der Waals surface area contributed by atoms with Crippen LogP contribution in [0.1, 0.15) is 33.8 Å². The third kappa shape index (κ3) is 2.84. The van der Waals surface area contributed by atoms with E-state index in [-0.39, 0.29) is 17.7 Å². The molecule has 0 bridgehead atoms. The highest BCUT2D eigenvalue weighted by Crippen LogP contribution is 2.50. The molecule has 0 aliphatic heterocycles. The number of carbonyl (C=O) groups is 2. The molecule has 2 atom stereocenters. The fourth-order valence-corrected chi connectivity index (χ4v) is 3.67. The summed E-state index contributed by atoms with van der Waals surface area (Å²) < 4.78 is 0. The first kappa shape index (κ1) is 16.3. The van der Waals surface area contributed by atoms with E-state index in [1.807, 2.05) is 18.2 Å². The van der Waals surface area contributed by atoms with E-state index in [9.17, 15) is 9.59 Å². The Bertz CT molecular complexity index is 1020. The van der Waals surface area contributed by atoms with Crippen molar-refractivity contribution in [3.05, 3.63) is 77.4 Å². The molecule has 1 aliphatic carbocycles. The number of amides is 2. The lowest BCUT2D eigenvalue weighted by Crippen LogP contribution is -2.18. The highest BCUT2D eigenvalue weighted by Gasteiger charge is 2.44. The molecule has 1 fully saturated rings. The molecule has 1 aliphatic rings. The fourth-order valence-electron chi connectivity index (χ4n) is 3.67. The second-order valence-electron chi connectivity index (χ2n) is 6.85. The van der Waals surface area contributed by atoms with Crippen molar-refractivity contribution >= 4 is 28.3 Å². The minimum atomic E-state index is -0.487. The molecule has 4 nitrogen and oxygen atoms in total. The zero-order valence-electron chi connectivity index (χ0n) is 14.5. The number of nitrogens with one attached hydrogen (secondary N) is 1. The zero-order valence-corrected chi connectivity index (χ0v) is 14.5. The zero-order chi connectivity index (χ0) is 18.3. The van der Waals surface area contributed by atoms with E-state index < -0.39 is 5.91 Å². The maximum atomic E-state index is 12.7. The number of hydrogen-bond donors (Lipinski definition) is 2. The molecule has 4 rings (SSSR count). The average molecular weight is 344 g/mol. The molecule has 0 aromatic heterocycles. The predicted octanol–water partition coefficient (Wildman–Crippen LogP) is 3.99. The second-order valence-corrected chi connectivity index (χ2v) is 6.85. The summed E-state index contributed by atoms with van der Waals surface area (Å²) in [5, 5.41) is 5.37. The van der Waals surface area contributed by atoms with Gasteiger partial charge >= 0.3 is 0 Å². The third-order valence-corrected chi connectivity index (χ3v) is 5.21. The van der Waals surface area contributed by atoms with Gasteiger partial charge < -0.3 is 11.1 Å². The average Bonchev–Trinajstić information content (AvgIpc) is 3.43. The molecule has 0 heterocycles. The Morgan fingerprint density at radius 1 is 1.00 bits per heavy atom. The minimum Gasteiger partial charge on any atom is -0.366 e. The van der Waals surface area contributed by atoms with Gasteiger partial charge in [0.05, 0.1) is 0 Å². The molecule has 0 radical (unpaired) electrons. The third-order valence-electron chi connectivity index (χ3n) is 5.21. The summed E-state index contributed by atoms with van der Waals surface area (Å²) in [5.41, 5.74) is 8.40. The van der Waals surface area contributed by atoms with E-state index in [4.69, 9.17) is 5.73 Å². The number of carbonyl (C=O) groups excluding carboxylic acids is 2. The first-order chi connectivity index (χ1) is 12.6. The van der Waals surface area contributed by atoms with Gasteiger partial charge in [0, 0.05) is 17.2 Å². The van der Waals surface area contributed by atoms with Crippen LogP contribution in [0.5, 0.6) is 0 Å². The smallest absolute Gasteiger partial charge is 0.249 e. The Morgan fingerprint density at radius 2 is 1.73 bits per heavy atom. The Hall–Kier alpha value is -3.14. The predicted molar refractivity (Wildman–Crippen MR) is 103 cm³/mol. The van der Waals surface area contributed by atoms with Gasteiger partial charge in [-0.25, -0.2) is 0 Å². The molecule has 2 amide bonds. The van der Waals surface area contributed by atoms with Crippen LogP contribution in [0.25, 0.3) is 10.8 Å². The van der Waals surface area contributed by atoms with Gasteiger partial charge in [0.2, 0.25) is 11.8 Å². The summed E-state index contributed by atoms with van der Waals surface area (Å²) in [4.78, 5) is 24.2. The van der Waals surface area contributed by atoms with Crippen molar-refractivity contribution in [2.24, 2.45) is 11.7 Å². The first-order valence-electron chi connectivity index (χ1n) is 8.74. The normalized spacial score (nSPS) is 18.5. The second kappa shape index (κ2) is 6.30. The molecule has 0 unspecified atom stereocenters. The minimum absolute atomic E-state index is 0.00680. The summed E-state index contributed by atoms with van der Waals surface area (Å²) in [5.74, 6) is -0.301. The number of rotatable bonds is 4. The number of benzene rings is 3. The molecule has 4 heteroatoms. The molecular weight excluding hydrogens is 324 g/mol. The van der Waals surface area contributed by atoms with Gasteiger partial charge in [-0.2, -0.15) is 0 Å². The van der Waals surface area contributed by atoms with E-state index in [0.717, 1.165) is 6.42 Å². The summed E-state index contributed by atoms with van der Waals surface area (Å²) in [7, 11) is 0. The van der Waals surface area contributed by atoms with Crippen LogP contribution in [0.15, 0.2) is 60.7 Å². The van der Waals surface area contributed by atoms with Crippen LogP contribution in [0.3, 0.4) is 0 Å². The van der Waals surface area contributed by atoms with Crippen molar-refractivity contribution in [1.82, 2.24) is 0 Å². The van der Waals surface area contributed by atoms with Crippen LogP contribution in [-0.4, -0.2) is 11.8 Å². The maximum Gasteiger partial charge on any atom is 0.249 e. The van der Waals surface area contributed by atoms with Crippen LogP contribution in [0.2, 0.25) is 0 Å². The van der Waals surface area contributed by atoms with Crippen LogP contribution in [-0.2, 0) is 4.79 Å². The SMILES string of the molecule is Cc1c(NC(=O)[C@H]2C[C@H]2c2cccc3ccccc23)cccc1C(N)=O. The molecule has 0 spiro atoms. The van der Waals surface area contributed by atoms with Crippen LogP contribution in [0, 0.1) is 12.8 Å². The van der Waals surface area contributed by atoms with Crippen LogP contribution < -0.4 is 11.1 Å². The van der Waals surface area contributed by atoms with Gasteiger partial charge in [0.25, 0.3) is 0 Å².